The molecule has 0 nitrogen and oxygen atoms in total. The van der Waals surface area contributed by atoms with E-state index >= 15 is 0 Å². The lowest BCUT2D eigenvalue weighted by atomic mass is 9.86. The van der Waals surface area contributed by atoms with Crippen LogP contribution in [0.4, 0.5) is 0 Å². The lowest BCUT2D eigenvalue weighted by Gasteiger charge is -2.18. The lowest BCUT2D eigenvalue weighted by Crippen LogP contribution is -2.05. The quantitative estimate of drug-likeness (QED) is 0.205. The number of allylic oxidation sites excluding steroid dienone is 4. The Balaban J connectivity index is 1.67. The van der Waals surface area contributed by atoms with Gasteiger partial charge in [-0.1, -0.05) is 103 Å². The van der Waals surface area contributed by atoms with Crippen molar-refractivity contribution >= 4 is 49.4 Å². The van der Waals surface area contributed by atoms with E-state index in [-0.39, 0.29) is 0 Å². The van der Waals surface area contributed by atoms with E-state index in [0.29, 0.717) is 0 Å². The van der Waals surface area contributed by atoms with E-state index in [9.17, 15) is 0 Å². The predicted molar refractivity (Wildman–Crippen MR) is 143 cm³/mol. The molecule has 152 valence electrons. The molecule has 0 aliphatic heterocycles. The molecule has 0 spiro atoms. The van der Waals surface area contributed by atoms with E-state index in [1.807, 2.05) is 0 Å². The van der Waals surface area contributed by atoms with Crippen LogP contribution in [0, 0.1) is 0 Å². The largest absolute Gasteiger partial charge is 0.0843 e. The summed E-state index contributed by atoms with van der Waals surface area (Å²) in [5.41, 5.74) is 5.19. The molecule has 0 bridgehead atoms. The first kappa shape index (κ1) is 19.2. The summed E-state index contributed by atoms with van der Waals surface area (Å²) in [6.45, 7) is 0. The SMILES string of the molecule is S=C1CC=CC=C1Cc1ccccc1-c1c2ccccc2cc2cc3ccccc3cc12. The van der Waals surface area contributed by atoms with Crippen molar-refractivity contribution in [3.8, 4) is 11.1 Å². The fraction of sp³-hybridized carbons (Fsp3) is 0.0645. The summed E-state index contributed by atoms with van der Waals surface area (Å²) in [4.78, 5) is 1.05. The monoisotopic (exact) mass is 426 g/mol. The maximum atomic E-state index is 5.67. The molecule has 6 rings (SSSR count). The van der Waals surface area contributed by atoms with Crippen LogP contribution in [0.5, 0.6) is 0 Å². The van der Waals surface area contributed by atoms with Gasteiger partial charge in [-0.05, 0) is 79.2 Å². The Hall–Kier alpha value is -3.55. The minimum Gasteiger partial charge on any atom is -0.0843 e. The van der Waals surface area contributed by atoms with E-state index in [1.165, 1.54) is 54.6 Å². The fourth-order valence-electron chi connectivity index (χ4n) is 4.91. The Bertz CT molecular complexity index is 1580. The molecule has 0 atom stereocenters. The van der Waals surface area contributed by atoms with Gasteiger partial charge < -0.3 is 0 Å². The van der Waals surface area contributed by atoms with Gasteiger partial charge >= 0.3 is 0 Å². The van der Waals surface area contributed by atoms with Crippen LogP contribution in [0.2, 0.25) is 0 Å². The van der Waals surface area contributed by atoms with Gasteiger partial charge in [-0.25, -0.2) is 0 Å². The van der Waals surface area contributed by atoms with E-state index in [4.69, 9.17) is 12.2 Å². The molecular formula is C31H22S. The normalized spacial score (nSPS) is 13.8. The number of fused-ring (bicyclic) bond motifs is 3. The van der Waals surface area contributed by atoms with Crippen LogP contribution in [-0.4, -0.2) is 4.86 Å². The lowest BCUT2D eigenvalue weighted by molar-refractivity contribution is 1.21. The third-order valence-electron chi connectivity index (χ3n) is 6.49. The fourth-order valence-corrected chi connectivity index (χ4v) is 5.15. The predicted octanol–water partition coefficient (Wildman–Crippen LogP) is 8.61. The Labute approximate surface area is 193 Å². The third kappa shape index (κ3) is 3.26. The summed E-state index contributed by atoms with van der Waals surface area (Å²) < 4.78 is 0. The minimum absolute atomic E-state index is 0.859. The molecule has 0 saturated heterocycles. The van der Waals surface area contributed by atoms with Crippen molar-refractivity contribution in [3.05, 3.63) is 120 Å². The molecule has 32 heavy (non-hydrogen) atoms. The minimum atomic E-state index is 0.859. The van der Waals surface area contributed by atoms with Crippen LogP contribution in [-0.2, 0) is 6.42 Å². The molecule has 1 heteroatoms. The Morgan fingerprint density at radius 3 is 2.19 bits per heavy atom. The van der Waals surface area contributed by atoms with Gasteiger partial charge in [-0.3, -0.25) is 0 Å². The van der Waals surface area contributed by atoms with Crippen molar-refractivity contribution in [2.75, 3.05) is 0 Å². The van der Waals surface area contributed by atoms with Crippen LogP contribution in [0.1, 0.15) is 12.0 Å². The van der Waals surface area contributed by atoms with Crippen molar-refractivity contribution in [2.45, 2.75) is 12.8 Å². The molecule has 0 amide bonds. The zero-order chi connectivity index (χ0) is 21.5. The van der Waals surface area contributed by atoms with Gasteiger partial charge in [-0.2, -0.15) is 0 Å². The first-order valence-electron chi connectivity index (χ1n) is 11.1. The average molecular weight is 427 g/mol. The molecule has 1 aliphatic rings. The van der Waals surface area contributed by atoms with Crippen molar-refractivity contribution in [3.63, 3.8) is 0 Å². The van der Waals surface area contributed by atoms with Gasteiger partial charge in [-0.15, -0.1) is 0 Å². The Morgan fingerprint density at radius 2 is 1.34 bits per heavy atom. The summed E-state index contributed by atoms with van der Waals surface area (Å²) in [7, 11) is 0. The van der Waals surface area contributed by atoms with Crippen LogP contribution in [0.25, 0.3) is 43.4 Å². The highest BCUT2D eigenvalue weighted by atomic mass is 32.1. The van der Waals surface area contributed by atoms with Crippen molar-refractivity contribution in [1.29, 1.82) is 0 Å². The van der Waals surface area contributed by atoms with Crippen molar-refractivity contribution < 1.29 is 0 Å². The van der Waals surface area contributed by atoms with E-state index in [0.717, 1.165) is 17.7 Å². The molecule has 0 aromatic heterocycles. The zero-order valence-corrected chi connectivity index (χ0v) is 18.5. The van der Waals surface area contributed by atoms with Gasteiger partial charge in [0.1, 0.15) is 0 Å². The average Bonchev–Trinajstić information content (AvgIpc) is 2.83. The highest BCUT2D eigenvalue weighted by Gasteiger charge is 2.16. The van der Waals surface area contributed by atoms with Gasteiger partial charge in [0.2, 0.25) is 0 Å². The maximum Gasteiger partial charge on any atom is 0.0225 e. The van der Waals surface area contributed by atoms with Gasteiger partial charge in [0.15, 0.2) is 0 Å². The molecule has 0 saturated carbocycles. The van der Waals surface area contributed by atoms with Crippen LogP contribution >= 0.6 is 12.2 Å². The molecule has 0 fully saturated rings. The second-order valence-electron chi connectivity index (χ2n) is 8.47. The first-order valence-corrected chi connectivity index (χ1v) is 11.5. The van der Waals surface area contributed by atoms with Gasteiger partial charge in [0, 0.05) is 11.3 Å². The highest BCUT2D eigenvalue weighted by molar-refractivity contribution is 7.80. The number of hydrogen-bond donors (Lipinski definition) is 0. The smallest absolute Gasteiger partial charge is 0.0225 e. The van der Waals surface area contributed by atoms with E-state index in [1.54, 1.807) is 0 Å². The maximum absolute atomic E-state index is 5.67. The molecule has 5 aromatic carbocycles. The van der Waals surface area contributed by atoms with Gasteiger partial charge in [0.05, 0.1) is 0 Å². The number of rotatable bonds is 3. The van der Waals surface area contributed by atoms with Crippen LogP contribution in [0.15, 0.2) is 115 Å². The summed E-state index contributed by atoms with van der Waals surface area (Å²) in [5.74, 6) is 0. The summed E-state index contributed by atoms with van der Waals surface area (Å²) in [6.07, 6.45) is 8.18. The summed E-state index contributed by atoms with van der Waals surface area (Å²) in [6, 6.07) is 33.2. The molecule has 0 N–H and O–H groups in total. The van der Waals surface area contributed by atoms with Crippen LogP contribution < -0.4 is 0 Å². The number of hydrogen-bond acceptors (Lipinski definition) is 1. The standard InChI is InChI=1S/C31H22S/c32-30-16-8-5-13-25(30)18-23-11-3-6-14-27(23)31-28-15-7-4-12-24(28)19-26-17-21-9-1-2-10-22(21)20-29(26)31/h1-15,17,19-20H,16,18H2. The Kier molecular flexibility index (Phi) is 4.70. The van der Waals surface area contributed by atoms with E-state index in [2.05, 4.69) is 109 Å². The third-order valence-corrected chi connectivity index (χ3v) is 6.92. The molecule has 5 aromatic rings. The van der Waals surface area contributed by atoms with Crippen molar-refractivity contribution in [2.24, 2.45) is 0 Å². The summed E-state index contributed by atoms with van der Waals surface area (Å²) in [5, 5.41) is 7.70. The topological polar surface area (TPSA) is 0 Å². The zero-order valence-electron chi connectivity index (χ0n) is 17.7. The second kappa shape index (κ2) is 7.85. The van der Waals surface area contributed by atoms with Gasteiger partial charge in [0.25, 0.3) is 0 Å². The first-order chi connectivity index (χ1) is 15.8. The molecular weight excluding hydrogens is 404 g/mol. The summed E-state index contributed by atoms with van der Waals surface area (Å²) >= 11 is 5.67. The molecule has 0 radical (unpaired) electrons. The molecule has 1 aliphatic carbocycles. The second-order valence-corrected chi connectivity index (χ2v) is 8.97. The molecule has 0 heterocycles. The Morgan fingerprint density at radius 1 is 0.656 bits per heavy atom. The van der Waals surface area contributed by atoms with Crippen LogP contribution in [0.3, 0.4) is 0 Å². The highest BCUT2D eigenvalue weighted by Crippen LogP contribution is 2.40. The van der Waals surface area contributed by atoms with E-state index < -0.39 is 0 Å². The number of thiocarbonyl (C=S) groups is 1. The molecule has 0 unspecified atom stereocenters. The van der Waals surface area contributed by atoms with Crippen molar-refractivity contribution in [1.82, 2.24) is 0 Å². The number of benzene rings is 5.